The first-order chi connectivity index (χ1) is 13.4. The zero-order valence-electron chi connectivity index (χ0n) is 15.3. The number of aromatic nitrogens is 1. The van der Waals surface area contributed by atoms with Crippen molar-refractivity contribution in [3.8, 4) is 5.88 Å². The summed E-state index contributed by atoms with van der Waals surface area (Å²) in [6, 6.07) is 0.875. The number of nitrogens with one attached hydrogen (secondary N) is 2. The Bertz CT molecular complexity index is 915. The maximum Gasteiger partial charge on any atom is 0.416 e. The molecule has 0 saturated carbocycles. The number of carbonyl (C=O) groups excluding carboxylic acids is 2. The van der Waals surface area contributed by atoms with Crippen LogP contribution in [0.4, 0.5) is 18.0 Å². The summed E-state index contributed by atoms with van der Waals surface area (Å²) in [5, 5.41) is 4.31. The van der Waals surface area contributed by atoms with E-state index in [9.17, 15) is 31.2 Å². The second-order valence-electron chi connectivity index (χ2n) is 7.09. The number of rotatable bonds is 5. The fourth-order valence-electron chi connectivity index (χ4n) is 3.19. The van der Waals surface area contributed by atoms with Gasteiger partial charge in [0.2, 0.25) is 15.9 Å². The number of hydrogen-bond donors (Lipinski definition) is 2. The molecular weight excluding hydrogens is 417 g/mol. The molecule has 2 saturated heterocycles. The van der Waals surface area contributed by atoms with E-state index in [-0.39, 0.29) is 31.8 Å². The normalized spacial score (nSPS) is 24.3. The van der Waals surface area contributed by atoms with E-state index in [0.717, 1.165) is 18.3 Å². The van der Waals surface area contributed by atoms with Gasteiger partial charge < -0.3 is 10.1 Å². The lowest BCUT2D eigenvalue weighted by molar-refractivity contribution is -0.137. The van der Waals surface area contributed by atoms with E-state index in [1.807, 2.05) is 5.32 Å². The molecule has 160 valence electrons. The van der Waals surface area contributed by atoms with Gasteiger partial charge in [0.15, 0.2) is 0 Å². The Balaban J connectivity index is 1.59. The van der Waals surface area contributed by atoms with Crippen LogP contribution >= 0.6 is 0 Å². The van der Waals surface area contributed by atoms with Crippen LogP contribution < -0.4 is 15.4 Å². The van der Waals surface area contributed by atoms with E-state index in [1.165, 1.54) is 11.2 Å². The minimum Gasteiger partial charge on any atom is -0.474 e. The van der Waals surface area contributed by atoms with Gasteiger partial charge in [-0.3, -0.25) is 10.1 Å². The summed E-state index contributed by atoms with van der Waals surface area (Å²) >= 11 is 0. The number of sulfonamides is 1. The molecular formula is C16H19F3N4O5S. The average molecular weight is 436 g/mol. The van der Waals surface area contributed by atoms with E-state index in [2.05, 4.69) is 10.3 Å². The number of amides is 3. The third kappa shape index (κ3) is 4.78. The van der Waals surface area contributed by atoms with Crippen LogP contribution in [0.15, 0.2) is 18.3 Å². The molecule has 0 aromatic carbocycles. The molecule has 3 amide bonds. The Morgan fingerprint density at radius 3 is 2.52 bits per heavy atom. The number of imide groups is 1. The van der Waals surface area contributed by atoms with Crippen molar-refractivity contribution < 1.29 is 35.9 Å². The number of hydrogen-bond acceptors (Lipinski definition) is 6. The summed E-state index contributed by atoms with van der Waals surface area (Å²) in [5.41, 5.74) is -2.45. The molecule has 13 heteroatoms. The predicted molar refractivity (Wildman–Crippen MR) is 93.3 cm³/mol. The van der Waals surface area contributed by atoms with Crippen LogP contribution in [0.25, 0.3) is 0 Å². The standard InChI is InChI=1S/C16H19F3N4O5S/c1-15(13(24)21-14(25)22-15)9-29(26,27)23-6-3-11(4-7-23)28-12-8-10(2-5-20-12)16(17,18)19/h2,5,8,11H,3-4,6-7,9H2,1H3,(H2,21,22,24,25)/t15-/m1/s1. The van der Waals surface area contributed by atoms with Gasteiger partial charge in [-0.25, -0.2) is 22.5 Å². The molecule has 3 rings (SSSR count). The van der Waals surface area contributed by atoms with Gasteiger partial charge >= 0.3 is 12.2 Å². The molecule has 9 nitrogen and oxygen atoms in total. The van der Waals surface area contributed by atoms with Gasteiger partial charge in [0, 0.05) is 25.4 Å². The number of piperidine rings is 1. The molecule has 2 aliphatic heterocycles. The zero-order valence-corrected chi connectivity index (χ0v) is 16.1. The summed E-state index contributed by atoms with van der Waals surface area (Å²) in [5.74, 6) is -1.50. The summed E-state index contributed by atoms with van der Waals surface area (Å²) in [6.07, 6.45) is -3.53. The number of ether oxygens (including phenoxy) is 1. The molecule has 2 aliphatic rings. The van der Waals surface area contributed by atoms with Crippen LogP contribution in [0.1, 0.15) is 25.3 Å². The zero-order chi connectivity index (χ0) is 21.4. The van der Waals surface area contributed by atoms with Crippen molar-refractivity contribution >= 4 is 22.0 Å². The second kappa shape index (κ2) is 7.44. The molecule has 1 atom stereocenters. The number of urea groups is 1. The summed E-state index contributed by atoms with van der Waals surface area (Å²) in [7, 11) is -3.87. The maximum absolute atomic E-state index is 12.8. The van der Waals surface area contributed by atoms with E-state index in [4.69, 9.17) is 4.74 Å². The highest BCUT2D eigenvalue weighted by atomic mass is 32.2. The molecule has 0 spiro atoms. The molecule has 0 aliphatic carbocycles. The van der Waals surface area contributed by atoms with E-state index < -0.39 is 51.1 Å². The summed E-state index contributed by atoms with van der Waals surface area (Å²) < 4.78 is 70.2. The molecule has 2 fully saturated rings. The molecule has 0 unspecified atom stereocenters. The molecule has 29 heavy (non-hydrogen) atoms. The molecule has 0 radical (unpaired) electrons. The Morgan fingerprint density at radius 1 is 1.31 bits per heavy atom. The smallest absolute Gasteiger partial charge is 0.416 e. The fourth-order valence-corrected chi connectivity index (χ4v) is 5.07. The Labute approximate surface area is 164 Å². The molecule has 2 N–H and O–H groups in total. The van der Waals surface area contributed by atoms with Gasteiger partial charge in [-0.2, -0.15) is 13.2 Å². The number of halogens is 3. The van der Waals surface area contributed by atoms with Crippen molar-refractivity contribution in [1.82, 2.24) is 19.9 Å². The third-order valence-corrected chi connectivity index (χ3v) is 6.83. The van der Waals surface area contributed by atoms with Crippen molar-refractivity contribution in [2.45, 2.75) is 37.6 Å². The van der Waals surface area contributed by atoms with Crippen LogP contribution in [0, 0.1) is 0 Å². The molecule has 1 aromatic rings. The third-order valence-electron chi connectivity index (χ3n) is 4.73. The first kappa shape index (κ1) is 21.3. The number of carbonyl (C=O) groups is 2. The lowest BCUT2D eigenvalue weighted by Gasteiger charge is -2.33. The van der Waals surface area contributed by atoms with Gasteiger partial charge in [-0.1, -0.05) is 0 Å². The number of alkyl halides is 3. The molecule has 1 aromatic heterocycles. The summed E-state index contributed by atoms with van der Waals surface area (Å²) in [4.78, 5) is 26.9. The Morgan fingerprint density at radius 2 is 1.97 bits per heavy atom. The van der Waals surface area contributed by atoms with Gasteiger partial charge in [0.05, 0.1) is 11.3 Å². The number of pyridine rings is 1. The first-order valence-corrected chi connectivity index (χ1v) is 10.3. The minimum atomic E-state index is -4.52. The SMILES string of the molecule is C[C@]1(CS(=O)(=O)N2CCC(Oc3cc(C(F)(F)F)ccn3)CC2)NC(=O)NC1=O. The fraction of sp³-hybridized carbons (Fsp3) is 0.562. The van der Waals surface area contributed by atoms with Gasteiger partial charge in [-0.05, 0) is 25.8 Å². The van der Waals surface area contributed by atoms with Gasteiger partial charge in [-0.15, -0.1) is 0 Å². The van der Waals surface area contributed by atoms with Crippen molar-refractivity contribution in [3.05, 3.63) is 23.9 Å². The number of nitrogens with zero attached hydrogens (tertiary/aromatic N) is 2. The highest BCUT2D eigenvalue weighted by Gasteiger charge is 2.47. The topological polar surface area (TPSA) is 118 Å². The van der Waals surface area contributed by atoms with Crippen LogP contribution in [-0.2, 0) is 21.0 Å². The Kier molecular flexibility index (Phi) is 5.47. The van der Waals surface area contributed by atoms with Crippen LogP contribution in [0.3, 0.4) is 0 Å². The first-order valence-electron chi connectivity index (χ1n) is 8.70. The predicted octanol–water partition coefficient (Wildman–Crippen LogP) is 0.871. The monoisotopic (exact) mass is 436 g/mol. The lowest BCUT2D eigenvalue weighted by Crippen LogP contribution is -2.53. The van der Waals surface area contributed by atoms with Gasteiger partial charge in [0.25, 0.3) is 5.91 Å². The second-order valence-corrected chi connectivity index (χ2v) is 9.06. The van der Waals surface area contributed by atoms with Crippen LogP contribution in [0.5, 0.6) is 5.88 Å². The molecule has 3 heterocycles. The largest absolute Gasteiger partial charge is 0.474 e. The van der Waals surface area contributed by atoms with Crippen molar-refractivity contribution in [1.29, 1.82) is 0 Å². The van der Waals surface area contributed by atoms with E-state index >= 15 is 0 Å². The van der Waals surface area contributed by atoms with Crippen LogP contribution in [0.2, 0.25) is 0 Å². The van der Waals surface area contributed by atoms with Crippen molar-refractivity contribution in [3.63, 3.8) is 0 Å². The van der Waals surface area contributed by atoms with Crippen LogP contribution in [-0.4, -0.2) is 60.1 Å². The quantitative estimate of drug-likeness (QED) is 0.662. The lowest BCUT2D eigenvalue weighted by atomic mass is 10.1. The summed E-state index contributed by atoms with van der Waals surface area (Å²) in [6.45, 7) is 1.45. The molecule has 0 bridgehead atoms. The van der Waals surface area contributed by atoms with Crippen molar-refractivity contribution in [2.75, 3.05) is 18.8 Å². The minimum absolute atomic E-state index is 0.0671. The Hall–Kier alpha value is -2.41. The highest BCUT2D eigenvalue weighted by Crippen LogP contribution is 2.31. The van der Waals surface area contributed by atoms with Crippen molar-refractivity contribution in [2.24, 2.45) is 0 Å². The van der Waals surface area contributed by atoms with Gasteiger partial charge in [0.1, 0.15) is 11.6 Å². The average Bonchev–Trinajstić information content (AvgIpc) is 2.85. The van der Waals surface area contributed by atoms with E-state index in [1.54, 1.807) is 0 Å². The highest BCUT2D eigenvalue weighted by molar-refractivity contribution is 7.89. The maximum atomic E-state index is 12.8. The van der Waals surface area contributed by atoms with E-state index in [0.29, 0.717) is 0 Å².